The first-order chi connectivity index (χ1) is 17.8. The summed E-state index contributed by atoms with van der Waals surface area (Å²) < 4.78 is 11.9. The highest BCUT2D eigenvalue weighted by atomic mass is 16.5. The maximum Gasteiger partial charge on any atom is 0.323 e. The van der Waals surface area contributed by atoms with Crippen LogP contribution in [0.1, 0.15) is 27.9 Å². The maximum absolute atomic E-state index is 12.7. The number of hydrogen-bond donors (Lipinski definition) is 2. The molecule has 3 aromatic carbocycles. The van der Waals surface area contributed by atoms with E-state index >= 15 is 0 Å². The summed E-state index contributed by atoms with van der Waals surface area (Å²) in [7, 11) is 0. The number of urea groups is 1. The Labute approximate surface area is 214 Å². The molecular weight excluding hydrogens is 466 g/mol. The average Bonchev–Trinajstić information content (AvgIpc) is 2.88. The van der Waals surface area contributed by atoms with Crippen molar-refractivity contribution in [1.29, 1.82) is 10.5 Å². The summed E-state index contributed by atoms with van der Waals surface area (Å²) in [6, 6.07) is 22.9. The van der Waals surface area contributed by atoms with Crippen molar-refractivity contribution in [1.82, 2.24) is 4.98 Å². The Hall–Kier alpha value is -5.34. The van der Waals surface area contributed by atoms with E-state index in [4.69, 9.17) is 20.0 Å². The van der Waals surface area contributed by atoms with E-state index in [9.17, 15) is 4.79 Å². The highest BCUT2D eigenvalue weighted by molar-refractivity contribution is 6.00. The van der Waals surface area contributed by atoms with Gasteiger partial charge in [0.25, 0.3) is 0 Å². The number of rotatable bonds is 6. The molecule has 0 saturated carbocycles. The molecule has 0 unspecified atom stereocenters. The van der Waals surface area contributed by atoms with Gasteiger partial charge in [-0.15, -0.1) is 0 Å². The fourth-order valence-corrected chi connectivity index (χ4v) is 3.45. The second-order valence-corrected chi connectivity index (χ2v) is 8.32. The number of carbonyl (C=O) groups is 1. The van der Waals surface area contributed by atoms with E-state index in [0.29, 0.717) is 45.6 Å². The van der Waals surface area contributed by atoms with E-state index < -0.39 is 6.03 Å². The van der Waals surface area contributed by atoms with Gasteiger partial charge in [0.2, 0.25) is 0 Å². The zero-order valence-corrected chi connectivity index (χ0v) is 20.5. The third-order valence-corrected chi connectivity index (χ3v) is 5.52. The number of carbonyl (C=O) groups excluding carboxylic acids is 1. The van der Waals surface area contributed by atoms with Crippen LogP contribution >= 0.6 is 0 Å². The smallest absolute Gasteiger partial charge is 0.323 e. The minimum absolute atomic E-state index is 0.299. The summed E-state index contributed by atoms with van der Waals surface area (Å²) in [6.45, 7) is 5.65. The van der Waals surface area contributed by atoms with Crippen molar-refractivity contribution < 1.29 is 14.3 Å². The van der Waals surface area contributed by atoms with Crippen LogP contribution in [0.5, 0.6) is 23.0 Å². The molecule has 0 aliphatic carbocycles. The molecule has 0 radical (unpaired) electrons. The Morgan fingerprint density at radius 3 is 1.84 bits per heavy atom. The number of nitriles is 2. The van der Waals surface area contributed by atoms with Crippen LogP contribution in [-0.4, -0.2) is 11.0 Å². The number of nitrogens with zero attached hydrogens (tertiary/aromatic N) is 3. The molecule has 8 nitrogen and oxygen atoms in total. The SMILES string of the molecule is Cc1cc(Oc2cc(NC(=O)Nc3ccc(C)c(Oc4ccc(C#N)nc4)c3)ccc2C)ccc1C#N. The molecule has 0 fully saturated rings. The van der Waals surface area contributed by atoms with Gasteiger partial charge in [0.1, 0.15) is 34.8 Å². The molecule has 2 amide bonds. The monoisotopic (exact) mass is 489 g/mol. The number of benzene rings is 3. The lowest BCUT2D eigenvalue weighted by Crippen LogP contribution is -2.19. The molecule has 182 valence electrons. The van der Waals surface area contributed by atoms with Gasteiger partial charge in [-0.3, -0.25) is 0 Å². The first kappa shape index (κ1) is 24.8. The highest BCUT2D eigenvalue weighted by Crippen LogP contribution is 2.30. The summed E-state index contributed by atoms with van der Waals surface area (Å²) in [5.41, 5.74) is 4.57. The van der Waals surface area contributed by atoms with Gasteiger partial charge in [-0.2, -0.15) is 10.5 Å². The quantitative estimate of drug-likeness (QED) is 0.301. The molecule has 37 heavy (non-hydrogen) atoms. The normalized spacial score (nSPS) is 10.1. The molecule has 0 atom stereocenters. The van der Waals surface area contributed by atoms with E-state index in [1.54, 1.807) is 54.6 Å². The molecule has 0 aliphatic rings. The molecule has 1 heterocycles. The molecule has 4 aromatic rings. The lowest BCUT2D eigenvalue weighted by atomic mass is 10.1. The Kier molecular flexibility index (Phi) is 7.32. The van der Waals surface area contributed by atoms with Crippen molar-refractivity contribution in [2.45, 2.75) is 20.8 Å². The van der Waals surface area contributed by atoms with Crippen molar-refractivity contribution in [3.8, 4) is 35.1 Å². The fourth-order valence-electron chi connectivity index (χ4n) is 3.45. The van der Waals surface area contributed by atoms with E-state index in [1.165, 1.54) is 6.20 Å². The molecule has 4 rings (SSSR count). The van der Waals surface area contributed by atoms with Crippen LogP contribution in [0.3, 0.4) is 0 Å². The second kappa shape index (κ2) is 10.9. The van der Waals surface area contributed by atoms with Gasteiger partial charge in [-0.1, -0.05) is 12.1 Å². The Morgan fingerprint density at radius 1 is 0.730 bits per heavy atom. The van der Waals surface area contributed by atoms with Crippen molar-refractivity contribution in [2.75, 3.05) is 10.6 Å². The number of aryl methyl sites for hydroxylation is 3. The zero-order chi connectivity index (χ0) is 26.4. The van der Waals surface area contributed by atoms with Gasteiger partial charge in [-0.05, 0) is 79.9 Å². The third-order valence-electron chi connectivity index (χ3n) is 5.52. The van der Waals surface area contributed by atoms with E-state index in [-0.39, 0.29) is 0 Å². The van der Waals surface area contributed by atoms with Crippen LogP contribution < -0.4 is 20.1 Å². The molecule has 0 spiro atoms. The first-order valence-corrected chi connectivity index (χ1v) is 11.4. The van der Waals surface area contributed by atoms with Crippen molar-refractivity contribution in [3.63, 3.8) is 0 Å². The predicted molar refractivity (Wildman–Crippen MR) is 140 cm³/mol. The van der Waals surface area contributed by atoms with Crippen LogP contribution in [0, 0.1) is 43.4 Å². The topological polar surface area (TPSA) is 120 Å². The largest absolute Gasteiger partial charge is 0.457 e. The summed E-state index contributed by atoms with van der Waals surface area (Å²) >= 11 is 0. The number of anilines is 2. The van der Waals surface area contributed by atoms with Gasteiger partial charge in [0, 0.05) is 23.5 Å². The third kappa shape index (κ3) is 6.21. The molecule has 1 aromatic heterocycles. The van der Waals surface area contributed by atoms with E-state index in [2.05, 4.69) is 21.7 Å². The van der Waals surface area contributed by atoms with E-state index in [0.717, 1.165) is 16.7 Å². The number of ether oxygens (including phenoxy) is 2. The Bertz CT molecular complexity index is 1550. The summed E-state index contributed by atoms with van der Waals surface area (Å²) in [5, 5.41) is 23.6. The second-order valence-electron chi connectivity index (χ2n) is 8.32. The van der Waals surface area contributed by atoms with Gasteiger partial charge in [0.15, 0.2) is 0 Å². The number of aromatic nitrogens is 1. The minimum Gasteiger partial charge on any atom is -0.457 e. The van der Waals surface area contributed by atoms with Crippen LogP contribution in [0.2, 0.25) is 0 Å². The number of nitrogens with one attached hydrogen (secondary N) is 2. The van der Waals surface area contributed by atoms with Gasteiger partial charge in [0.05, 0.1) is 17.8 Å². The standard InChI is InChI=1S/C29H23N5O3/c1-18-4-7-22(13-27(18)36-25-10-6-21(15-30)20(3)12-25)33-29(35)34-23-8-5-19(2)28(14-23)37-26-11-9-24(16-31)32-17-26/h4-14,17H,1-3H3,(H2,33,34,35). The number of pyridine rings is 1. The zero-order valence-electron chi connectivity index (χ0n) is 20.5. The molecule has 0 aliphatic heterocycles. The van der Waals surface area contributed by atoms with Crippen LogP contribution in [0.25, 0.3) is 0 Å². The van der Waals surface area contributed by atoms with Crippen molar-refractivity contribution >= 4 is 17.4 Å². The molecule has 8 heteroatoms. The van der Waals surface area contributed by atoms with Crippen molar-refractivity contribution in [2.24, 2.45) is 0 Å². The first-order valence-electron chi connectivity index (χ1n) is 11.4. The van der Waals surface area contributed by atoms with Gasteiger partial charge >= 0.3 is 6.03 Å². The molecule has 2 N–H and O–H groups in total. The molecule has 0 bridgehead atoms. The average molecular weight is 490 g/mol. The van der Waals surface area contributed by atoms with Crippen LogP contribution in [0.15, 0.2) is 72.9 Å². The number of amides is 2. The fraction of sp³-hybridized carbons (Fsp3) is 0.103. The summed E-state index contributed by atoms with van der Waals surface area (Å²) in [6.07, 6.45) is 1.47. The molecule has 0 saturated heterocycles. The lowest BCUT2D eigenvalue weighted by Gasteiger charge is -2.14. The summed E-state index contributed by atoms with van der Waals surface area (Å²) in [5.74, 6) is 2.22. The number of hydrogen-bond acceptors (Lipinski definition) is 6. The summed E-state index contributed by atoms with van der Waals surface area (Å²) in [4.78, 5) is 16.7. The maximum atomic E-state index is 12.7. The highest BCUT2D eigenvalue weighted by Gasteiger charge is 2.10. The Balaban J connectivity index is 1.44. The lowest BCUT2D eigenvalue weighted by molar-refractivity contribution is 0.262. The van der Waals surface area contributed by atoms with Gasteiger partial charge in [-0.25, -0.2) is 9.78 Å². The Morgan fingerprint density at radius 2 is 1.32 bits per heavy atom. The van der Waals surface area contributed by atoms with Gasteiger partial charge < -0.3 is 20.1 Å². The van der Waals surface area contributed by atoms with Crippen molar-refractivity contribution in [3.05, 3.63) is 101 Å². The predicted octanol–water partition coefficient (Wildman–Crippen LogP) is 6.98. The van der Waals surface area contributed by atoms with E-state index in [1.807, 2.05) is 39.0 Å². The minimum atomic E-state index is -0.432. The molecular formula is C29H23N5O3. The van der Waals surface area contributed by atoms with Crippen LogP contribution in [0.4, 0.5) is 16.2 Å². The van der Waals surface area contributed by atoms with Crippen LogP contribution in [-0.2, 0) is 0 Å².